The molecule has 0 aromatic heterocycles. The molecule has 0 radical (unpaired) electrons. The number of carbonyl (C=O) groups excluding carboxylic acids is 3. The zero-order chi connectivity index (χ0) is 22.4. The molecular weight excluding hydrogens is 400 g/mol. The van der Waals surface area contributed by atoms with Gasteiger partial charge in [0.05, 0.1) is 19.4 Å². The molecule has 0 aliphatic carbocycles. The number of imide groups is 2. The van der Waals surface area contributed by atoms with Crippen molar-refractivity contribution < 1.29 is 28.6 Å². The molecule has 1 saturated heterocycles. The largest absolute Gasteiger partial charge is 0.494 e. The van der Waals surface area contributed by atoms with Gasteiger partial charge in [0.15, 0.2) is 11.5 Å². The van der Waals surface area contributed by atoms with E-state index in [2.05, 4.69) is 11.2 Å². The van der Waals surface area contributed by atoms with Crippen molar-refractivity contribution in [1.29, 1.82) is 0 Å². The van der Waals surface area contributed by atoms with Crippen LogP contribution in [0, 0.1) is 12.3 Å². The molecule has 1 heterocycles. The Balaban J connectivity index is 1.92. The Bertz CT molecular complexity index is 1080. The third-order valence-electron chi connectivity index (χ3n) is 4.32. The minimum atomic E-state index is -0.827. The molecule has 1 aliphatic rings. The van der Waals surface area contributed by atoms with E-state index in [-0.39, 0.29) is 12.2 Å². The standard InChI is InChI=1S/C23H20N2O6/c1-4-12-31-19-11-6-15(14-20(19)29-3)13-18-21(26)24-23(28)25(22(18)27)16-7-9-17(10-8-16)30-5-2/h1,6-11,13-14H,5,12H2,2-3H3,(H,24,26,28)/b18-13-. The van der Waals surface area contributed by atoms with E-state index in [1.807, 2.05) is 6.92 Å². The van der Waals surface area contributed by atoms with Gasteiger partial charge in [0.1, 0.15) is 17.9 Å². The lowest BCUT2D eigenvalue weighted by Gasteiger charge is -2.26. The number of nitrogens with zero attached hydrogens (tertiary/aromatic N) is 1. The van der Waals surface area contributed by atoms with E-state index in [4.69, 9.17) is 20.6 Å². The van der Waals surface area contributed by atoms with Crippen molar-refractivity contribution in [3.63, 3.8) is 0 Å². The Morgan fingerprint density at radius 2 is 1.81 bits per heavy atom. The highest BCUT2D eigenvalue weighted by Crippen LogP contribution is 2.30. The third-order valence-corrected chi connectivity index (χ3v) is 4.32. The Hall–Kier alpha value is -4.25. The normalized spacial score (nSPS) is 14.8. The predicted octanol–water partition coefficient (Wildman–Crippen LogP) is 2.77. The molecule has 0 bridgehead atoms. The lowest BCUT2D eigenvalue weighted by atomic mass is 10.1. The number of hydrogen-bond acceptors (Lipinski definition) is 6. The number of nitrogens with one attached hydrogen (secondary N) is 1. The number of hydrogen-bond donors (Lipinski definition) is 1. The fourth-order valence-electron chi connectivity index (χ4n) is 2.93. The highest BCUT2D eigenvalue weighted by atomic mass is 16.5. The van der Waals surface area contributed by atoms with Crippen molar-refractivity contribution in [1.82, 2.24) is 5.32 Å². The Morgan fingerprint density at radius 1 is 1.06 bits per heavy atom. The van der Waals surface area contributed by atoms with E-state index in [1.165, 1.54) is 13.2 Å². The number of amides is 4. The van der Waals surface area contributed by atoms with Crippen molar-refractivity contribution in [3.05, 3.63) is 53.6 Å². The van der Waals surface area contributed by atoms with Crippen molar-refractivity contribution in [2.24, 2.45) is 0 Å². The number of terminal acetylenes is 1. The van der Waals surface area contributed by atoms with E-state index in [0.29, 0.717) is 35.1 Å². The van der Waals surface area contributed by atoms with Gasteiger partial charge in [-0.05, 0) is 55.0 Å². The molecule has 0 atom stereocenters. The summed E-state index contributed by atoms with van der Waals surface area (Å²) in [5.41, 5.74) is 0.609. The van der Waals surface area contributed by atoms with Gasteiger partial charge in [0.2, 0.25) is 0 Å². The van der Waals surface area contributed by atoms with Gasteiger partial charge >= 0.3 is 6.03 Å². The second-order valence-electron chi connectivity index (χ2n) is 6.29. The molecule has 2 aromatic rings. The van der Waals surface area contributed by atoms with Crippen molar-refractivity contribution in [2.75, 3.05) is 25.2 Å². The number of urea groups is 1. The zero-order valence-corrected chi connectivity index (χ0v) is 17.0. The van der Waals surface area contributed by atoms with Gasteiger partial charge in [0.25, 0.3) is 11.8 Å². The summed E-state index contributed by atoms with van der Waals surface area (Å²) in [7, 11) is 1.46. The van der Waals surface area contributed by atoms with Crippen LogP contribution in [-0.4, -0.2) is 38.2 Å². The molecule has 1 N–H and O–H groups in total. The lowest BCUT2D eigenvalue weighted by molar-refractivity contribution is -0.122. The van der Waals surface area contributed by atoms with E-state index >= 15 is 0 Å². The molecular formula is C23H20N2O6. The van der Waals surface area contributed by atoms with Crippen LogP contribution in [0.25, 0.3) is 6.08 Å². The molecule has 3 rings (SSSR count). The molecule has 158 valence electrons. The summed E-state index contributed by atoms with van der Waals surface area (Å²) in [6.07, 6.45) is 6.58. The van der Waals surface area contributed by atoms with Crippen molar-refractivity contribution >= 4 is 29.6 Å². The summed E-state index contributed by atoms with van der Waals surface area (Å²) in [6, 6.07) is 10.4. The summed E-state index contributed by atoms with van der Waals surface area (Å²) in [5.74, 6) is 2.23. The lowest BCUT2D eigenvalue weighted by Crippen LogP contribution is -2.54. The van der Waals surface area contributed by atoms with Gasteiger partial charge in [-0.25, -0.2) is 9.69 Å². The molecule has 8 nitrogen and oxygen atoms in total. The van der Waals surface area contributed by atoms with Gasteiger partial charge in [-0.3, -0.25) is 14.9 Å². The Kier molecular flexibility index (Phi) is 6.58. The number of anilines is 1. The molecule has 1 aliphatic heterocycles. The van der Waals surface area contributed by atoms with Crippen molar-refractivity contribution in [2.45, 2.75) is 6.92 Å². The van der Waals surface area contributed by atoms with Crippen LogP contribution in [0.15, 0.2) is 48.0 Å². The quantitative estimate of drug-likeness (QED) is 0.421. The van der Waals surface area contributed by atoms with E-state index < -0.39 is 17.8 Å². The van der Waals surface area contributed by atoms with Crippen LogP contribution >= 0.6 is 0 Å². The molecule has 0 saturated carbocycles. The Morgan fingerprint density at radius 3 is 2.45 bits per heavy atom. The first-order chi connectivity index (χ1) is 15.0. The number of benzene rings is 2. The van der Waals surface area contributed by atoms with E-state index in [0.717, 1.165) is 4.90 Å². The summed E-state index contributed by atoms with van der Waals surface area (Å²) < 4.78 is 16.0. The number of ether oxygens (including phenoxy) is 3. The molecule has 8 heteroatoms. The topological polar surface area (TPSA) is 94.2 Å². The van der Waals surface area contributed by atoms with Crippen molar-refractivity contribution in [3.8, 4) is 29.6 Å². The summed E-state index contributed by atoms with van der Waals surface area (Å²) in [6.45, 7) is 2.40. The first-order valence-corrected chi connectivity index (χ1v) is 9.37. The van der Waals surface area contributed by atoms with Crippen LogP contribution in [0.4, 0.5) is 10.5 Å². The average molecular weight is 420 g/mol. The maximum atomic E-state index is 13.0. The number of barbiturate groups is 1. The van der Waals surface area contributed by atoms with Gasteiger partial charge in [-0.15, -0.1) is 6.42 Å². The van der Waals surface area contributed by atoms with Crippen LogP contribution in [0.5, 0.6) is 17.2 Å². The van der Waals surface area contributed by atoms with Gasteiger partial charge in [-0.1, -0.05) is 12.0 Å². The molecule has 1 fully saturated rings. The van der Waals surface area contributed by atoms with Crippen LogP contribution in [-0.2, 0) is 9.59 Å². The zero-order valence-electron chi connectivity index (χ0n) is 17.0. The number of carbonyl (C=O) groups is 3. The third kappa shape index (κ3) is 4.67. The highest BCUT2D eigenvalue weighted by Gasteiger charge is 2.36. The second-order valence-corrected chi connectivity index (χ2v) is 6.29. The van der Waals surface area contributed by atoms with E-state index in [1.54, 1.807) is 42.5 Å². The molecule has 2 aromatic carbocycles. The molecule has 4 amide bonds. The van der Waals surface area contributed by atoms with Gasteiger partial charge in [-0.2, -0.15) is 0 Å². The average Bonchev–Trinajstić information content (AvgIpc) is 2.76. The highest BCUT2D eigenvalue weighted by molar-refractivity contribution is 6.39. The van der Waals surface area contributed by atoms with Crippen LogP contribution in [0.3, 0.4) is 0 Å². The molecule has 31 heavy (non-hydrogen) atoms. The first kappa shape index (κ1) is 21.5. The minimum Gasteiger partial charge on any atom is -0.494 e. The first-order valence-electron chi connectivity index (χ1n) is 9.37. The number of methoxy groups -OCH3 is 1. The summed E-state index contributed by atoms with van der Waals surface area (Å²) >= 11 is 0. The Labute approximate surface area is 179 Å². The fraction of sp³-hybridized carbons (Fsp3) is 0.174. The monoisotopic (exact) mass is 420 g/mol. The predicted molar refractivity (Wildman–Crippen MR) is 114 cm³/mol. The smallest absolute Gasteiger partial charge is 0.335 e. The van der Waals surface area contributed by atoms with Crippen LogP contribution < -0.4 is 24.4 Å². The molecule has 0 unspecified atom stereocenters. The summed E-state index contributed by atoms with van der Waals surface area (Å²) in [5, 5.41) is 2.19. The maximum Gasteiger partial charge on any atom is 0.335 e. The second kappa shape index (κ2) is 9.50. The summed E-state index contributed by atoms with van der Waals surface area (Å²) in [4.78, 5) is 38.6. The van der Waals surface area contributed by atoms with Crippen LogP contribution in [0.2, 0.25) is 0 Å². The van der Waals surface area contributed by atoms with Gasteiger partial charge in [0, 0.05) is 0 Å². The fourth-order valence-corrected chi connectivity index (χ4v) is 2.93. The number of rotatable bonds is 7. The minimum absolute atomic E-state index is 0.0663. The SMILES string of the molecule is C#CCOc1ccc(/C=C2/C(=O)NC(=O)N(c3ccc(OCC)cc3)C2=O)cc1OC. The maximum absolute atomic E-state index is 13.0. The molecule has 0 spiro atoms. The van der Waals surface area contributed by atoms with Gasteiger partial charge < -0.3 is 14.2 Å². The van der Waals surface area contributed by atoms with E-state index in [9.17, 15) is 14.4 Å². The van der Waals surface area contributed by atoms with Crippen LogP contribution in [0.1, 0.15) is 12.5 Å².